The largest absolute Gasteiger partial charge is 0.320 e. The zero-order valence-corrected chi connectivity index (χ0v) is 7.92. The number of aromatic nitrogens is 1. The SMILES string of the molecule is O=c1cc([N+](=O)[O-])c(CCl)c(C(F)F)[nH]1. The Balaban J connectivity index is 3.52. The van der Waals surface area contributed by atoms with Crippen molar-refractivity contribution in [2.24, 2.45) is 0 Å². The van der Waals surface area contributed by atoms with E-state index in [0.717, 1.165) is 0 Å². The highest BCUT2D eigenvalue weighted by Gasteiger charge is 2.23. The molecular formula is C7H5ClF2N2O3. The molecular weight excluding hydrogens is 234 g/mol. The fraction of sp³-hybridized carbons (Fsp3) is 0.286. The van der Waals surface area contributed by atoms with Gasteiger partial charge in [0.15, 0.2) is 0 Å². The third-order valence-corrected chi connectivity index (χ3v) is 1.98. The number of rotatable bonds is 3. The lowest BCUT2D eigenvalue weighted by Crippen LogP contribution is -2.13. The summed E-state index contributed by atoms with van der Waals surface area (Å²) in [7, 11) is 0. The molecule has 0 bridgehead atoms. The molecule has 1 heterocycles. The number of halogens is 3. The molecule has 0 saturated carbocycles. The van der Waals surface area contributed by atoms with Crippen molar-refractivity contribution >= 4 is 17.3 Å². The minimum atomic E-state index is -3.01. The highest BCUT2D eigenvalue weighted by Crippen LogP contribution is 2.27. The van der Waals surface area contributed by atoms with Crippen molar-refractivity contribution in [2.75, 3.05) is 0 Å². The van der Waals surface area contributed by atoms with Gasteiger partial charge in [-0.05, 0) is 0 Å². The van der Waals surface area contributed by atoms with E-state index < -0.39 is 34.2 Å². The molecule has 0 aliphatic rings. The summed E-state index contributed by atoms with van der Waals surface area (Å²) < 4.78 is 24.8. The Morgan fingerprint density at radius 2 is 2.20 bits per heavy atom. The minimum absolute atomic E-state index is 0.365. The van der Waals surface area contributed by atoms with Crippen LogP contribution in [0.4, 0.5) is 14.5 Å². The monoisotopic (exact) mass is 238 g/mol. The van der Waals surface area contributed by atoms with Gasteiger partial charge in [-0.3, -0.25) is 14.9 Å². The molecule has 0 unspecified atom stereocenters. The van der Waals surface area contributed by atoms with Crippen LogP contribution in [0.3, 0.4) is 0 Å². The van der Waals surface area contributed by atoms with Crippen molar-refractivity contribution in [3.05, 3.63) is 37.8 Å². The second-order valence-electron chi connectivity index (χ2n) is 2.60. The molecule has 82 valence electrons. The molecule has 15 heavy (non-hydrogen) atoms. The summed E-state index contributed by atoms with van der Waals surface area (Å²) >= 11 is 5.32. The van der Waals surface area contributed by atoms with Gasteiger partial charge in [0.2, 0.25) is 0 Å². The van der Waals surface area contributed by atoms with E-state index in [2.05, 4.69) is 0 Å². The van der Waals surface area contributed by atoms with Crippen LogP contribution in [-0.4, -0.2) is 9.91 Å². The molecule has 1 N–H and O–H groups in total. The first-order valence-corrected chi connectivity index (χ1v) is 4.25. The Kier molecular flexibility index (Phi) is 3.35. The third-order valence-electron chi connectivity index (χ3n) is 1.71. The summed E-state index contributed by atoms with van der Waals surface area (Å²) in [6, 6.07) is 0.629. The van der Waals surface area contributed by atoms with Crippen LogP contribution >= 0.6 is 11.6 Å². The average molecular weight is 239 g/mol. The van der Waals surface area contributed by atoms with Gasteiger partial charge < -0.3 is 4.98 Å². The van der Waals surface area contributed by atoms with Crippen molar-refractivity contribution in [3.63, 3.8) is 0 Å². The van der Waals surface area contributed by atoms with Gasteiger partial charge in [-0.2, -0.15) is 0 Å². The van der Waals surface area contributed by atoms with Gasteiger partial charge >= 0.3 is 0 Å². The quantitative estimate of drug-likeness (QED) is 0.497. The maximum atomic E-state index is 12.4. The van der Waals surface area contributed by atoms with Crippen LogP contribution in [0.25, 0.3) is 0 Å². The summed E-state index contributed by atoms with van der Waals surface area (Å²) in [6.07, 6.45) is -3.01. The standard InChI is InChI=1S/C7H5ClF2N2O3/c8-2-3-4(12(14)15)1-5(13)11-6(3)7(9)10/h1,7H,2H2,(H,11,13). The summed E-state index contributed by atoms with van der Waals surface area (Å²) in [4.78, 5) is 22.2. The molecule has 0 amide bonds. The molecule has 0 spiro atoms. The molecule has 0 aliphatic carbocycles. The summed E-state index contributed by atoms with van der Waals surface area (Å²) in [5.74, 6) is -0.466. The summed E-state index contributed by atoms with van der Waals surface area (Å²) in [6.45, 7) is 0. The highest BCUT2D eigenvalue weighted by molar-refractivity contribution is 6.17. The van der Waals surface area contributed by atoms with Gasteiger partial charge in [-0.1, -0.05) is 0 Å². The number of nitrogens with zero attached hydrogens (tertiary/aromatic N) is 1. The fourth-order valence-corrected chi connectivity index (χ4v) is 1.36. The molecule has 5 nitrogen and oxygen atoms in total. The number of aromatic amines is 1. The van der Waals surface area contributed by atoms with Crippen LogP contribution in [-0.2, 0) is 5.88 Å². The van der Waals surface area contributed by atoms with Crippen molar-refractivity contribution in [2.45, 2.75) is 12.3 Å². The second kappa shape index (κ2) is 4.35. The Labute approximate surface area is 86.8 Å². The average Bonchev–Trinajstić information content (AvgIpc) is 2.16. The van der Waals surface area contributed by atoms with E-state index in [1.54, 1.807) is 0 Å². The zero-order valence-electron chi connectivity index (χ0n) is 7.17. The van der Waals surface area contributed by atoms with Crippen molar-refractivity contribution in [1.82, 2.24) is 4.98 Å². The molecule has 0 saturated heterocycles. The van der Waals surface area contributed by atoms with E-state index in [1.807, 2.05) is 4.98 Å². The molecule has 8 heteroatoms. The minimum Gasteiger partial charge on any atom is -0.320 e. The van der Waals surface area contributed by atoms with Gasteiger partial charge in [0, 0.05) is 0 Å². The lowest BCUT2D eigenvalue weighted by Gasteiger charge is -2.05. The molecule has 0 atom stereocenters. The highest BCUT2D eigenvalue weighted by atomic mass is 35.5. The number of H-pyrrole nitrogens is 1. The lowest BCUT2D eigenvalue weighted by atomic mass is 10.2. The Hall–Kier alpha value is -1.50. The van der Waals surface area contributed by atoms with E-state index in [9.17, 15) is 23.7 Å². The van der Waals surface area contributed by atoms with Crippen LogP contribution in [0.5, 0.6) is 0 Å². The van der Waals surface area contributed by atoms with Gasteiger partial charge in [-0.15, -0.1) is 11.6 Å². The Morgan fingerprint density at radius 1 is 1.60 bits per heavy atom. The molecule has 1 aromatic rings. The number of pyridine rings is 1. The lowest BCUT2D eigenvalue weighted by molar-refractivity contribution is -0.385. The fourth-order valence-electron chi connectivity index (χ4n) is 1.08. The maximum Gasteiger partial charge on any atom is 0.281 e. The molecule has 1 aromatic heterocycles. The summed E-state index contributed by atoms with van der Waals surface area (Å²) in [5, 5.41) is 10.5. The van der Waals surface area contributed by atoms with Gasteiger partial charge in [0.25, 0.3) is 17.7 Å². The van der Waals surface area contributed by atoms with Crippen LogP contribution in [0.2, 0.25) is 0 Å². The molecule has 1 rings (SSSR count). The van der Waals surface area contributed by atoms with Crippen LogP contribution in [0.15, 0.2) is 10.9 Å². The van der Waals surface area contributed by atoms with Crippen LogP contribution in [0, 0.1) is 10.1 Å². The summed E-state index contributed by atoms with van der Waals surface area (Å²) in [5.41, 5.74) is -2.81. The van der Waals surface area contributed by atoms with E-state index >= 15 is 0 Å². The topological polar surface area (TPSA) is 76.0 Å². The van der Waals surface area contributed by atoms with Crippen molar-refractivity contribution < 1.29 is 13.7 Å². The number of hydrogen-bond acceptors (Lipinski definition) is 3. The van der Waals surface area contributed by atoms with Crippen molar-refractivity contribution in [3.8, 4) is 0 Å². The number of nitrogens with one attached hydrogen (secondary N) is 1. The Morgan fingerprint density at radius 3 is 2.60 bits per heavy atom. The van der Waals surface area contributed by atoms with Gasteiger partial charge in [0.05, 0.1) is 28.1 Å². The van der Waals surface area contributed by atoms with E-state index in [-0.39, 0.29) is 5.56 Å². The van der Waals surface area contributed by atoms with E-state index in [1.165, 1.54) is 0 Å². The normalized spacial score (nSPS) is 10.7. The first kappa shape index (κ1) is 11.6. The number of alkyl halides is 3. The predicted molar refractivity (Wildman–Crippen MR) is 48.2 cm³/mol. The van der Waals surface area contributed by atoms with Crippen molar-refractivity contribution in [1.29, 1.82) is 0 Å². The molecule has 0 radical (unpaired) electrons. The molecule has 0 fully saturated rings. The van der Waals surface area contributed by atoms with E-state index in [0.29, 0.717) is 6.07 Å². The number of hydrogen-bond donors (Lipinski definition) is 1. The smallest absolute Gasteiger partial charge is 0.281 e. The number of nitro groups is 1. The molecule has 0 aliphatic heterocycles. The third kappa shape index (κ3) is 2.30. The molecule has 0 aromatic carbocycles. The van der Waals surface area contributed by atoms with Gasteiger partial charge in [-0.25, -0.2) is 8.78 Å². The Bertz CT molecular complexity index is 446. The maximum absolute atomic E-state index is 12.4. The van der Waals surface area contributed by atoms with Gasteiger partial charge in [0.1, 0.15) is 0 Å². The van der Waals surface area contributed by atoms with Crippen LogP contribution in [0.1, 0.15) is 17.7 Å². The van der Waals surface area contributed by atoms with E-state index in [4.69, 9.17) is 11.6 Å². The predicted octanol–water partition coefficient (Wildman–Crippen LogP) is 1.96. The first-order valence-electron chi connectivity index (χ1n) is 3.72. The van der Waals surface area contributed by atoms with Crippen LogP contribution < -0.4 is 5.56 Å². The second-order valence-corrected chi connectivity index (χ2v) is 2.87. The first-order chi connectivity index (χ1) is 6.97. The zero-order chi connectivity index (χ0) is 11.6.